The van der Waals surface area contributed by atoms with E-state index in [1.165, 1.54) is 7.11 Å². The standard InChI is InChI=1S/C22H27NO5/c1-7-27-19-12-17(8-9-18(19)26-6)22(25)28-16(5)21(24)23-20-14(3)10-13(2)11-15(20)4/h8-12,16H,7H2,1-6H3,(H,23,24)/t16-/m0/s1. The number of esters is 1. The summed E-state index contributed by atoms with van der Waals surface area (Å²) in [6.07, 6.45) is -0.953. The topological polar surface area (TPSA) is 73.9 Å². The van der Waals surface area contributed by atoms with E-state index in [0.717, 1.165) is 22.4 Å². The van der Waals surface area contributed by atoms with Crippen molar-refractivity contribution in [2.24, 2.45) is 0 Å². The lowest BCUT2D eigenvalue weighted by atomic mass is 10.0. The Morgan fingerprint density at radius 3 is 2.25 bits per heavy atom. The van der Waals surface area contributed by atoms with Gasteiger partial charge in [0.2, 0.25) is 0 Å². The summed E-state index contributed by atoms with van der Waals surface area (Å²) in [4.78, 5) is 25.0. The van der Waals surface area contributed by atoms with Crippen LogP contribution in [0.3, 0.4) is 0 Å². The summed E-state index contributed by atoms with van der Waals surface area (Å²) < 4.78 is 16.0. The molecule has 0 fully saturated rings. The minimum absolute atomic E-state index is 0.284. The average Bonchev–Trinajstić information content (AvgIpc) is 2.64. The molecule has 0 aliphatic rings. The Balaban J connectivity index is 2.10. The number of ether oxygens (including phenoxy) is 3. The van der Waals surface area contributed by atoms with Crippen LogP contribution < -0.4 is 14.8 Å². The largest absolute Gasteiger partial charge is 0.493 e. The molecule has 28 heavy (non-hydrogen) atoms. The predicted molar refractivity (Wildman–Crippen MR) is 108 cm³/mol. The number of carbonyl (C=O) groups is 2. The van der Waals surface area contributed by atoms with Crippen molar-refractivity contribution in [1.82, 2.24) is 0 Å². The first-order valence-electron chi connectivity index (χ1n) is 9.17. The Labute approximate surface area is 165 Å². The van der Waals surface area contributed by atoms with Gasteiger partial charge in [-0.1, -0.05) is 17.7 Å². The van der Waals surface area contributed by atoms with Crippen LogP contribution in [0.5, 0.6) is 11.5 Å². The van der Waals surface area contributed by atoms with Crippen LogP contribution in [0.4, 0.5) is 5.69 Å². The first kappa shape index (κ1) is 21.3. The van der Waals surface area contributed by atoms with Gasteiger partial charge in [-0.2, -0.15) is 0 Å². The SMILES string of the molecule is CCOc1cc(C(=O)O[C@@H](C)C(=O)Nc2c(C)cc(C)cc2C)ccc1OC. The predicted octanol–water partition coefficient (Wildman–Crippen LogP) is 4.20. The number of hydrogen-bond acceptors (Lipinski definition) is 5. The van der Waals surface area contributed by atoms with E-state index in [4.69, 9.17) is 14.2 Å². The number of aryl methyl sites for hydroxylation is 3. The normalized spacial score (nSPS) is 11.5. The number of carbonyl (C=O) groups excluding carboxylic acids is 2. The molecule has 2 aromatic carbocycles. The molecule has 2 aromatic rings. The summed E-state index contributed by atoms with van der Waals surface area (Å²) in [5.74, 6) is -0.0254. The lowest BCUT2D eigenvalue weighted by Crippen LogP contribution is -2.30. The van der Waals surface area contributed by atoms with Crippen LogP contribution in [0.2, 0.25) is 0 Å². The van der Waals surface area contributed by atoms with Crippen molar-refractivity contribution in [1.29, 1.82) is 0 Å². The molecule has 0 heterocycles. The van der Waals surface area contributed by atoms with E-state index in [2.05, 4.69) is 5.32 Å². The van der Waals surface area contributed by atoms with Crippen LogP contribution in [0, 0.1) is 20.8 Å². The minimum Gasteiger partial charge on any atom is -0.493 e. The van der Waals surface area contributed by atoms with Crippen molar-refractivity contribution in [2.75, 3.05) is 19.0 Å². The zero-order valence-electron chi connectivity index (χ0n) is 17.2. The minimum atomic E-state index is -0.953. The van der Waals surface area contributed by atoms with E-state index in [1.54, 1.807) is 25.1 Å². The highest BCUT2D eigenvalue weighted by molar-refractivity contribution is 5.98. The molecule has 0 unspecified atom stereocenters. The summed E-state index contributed by atoms with van der Waals surface area (Å²) >= 11 is 0. The average molecular weight is 385 g/mol. The van der Waals surface area contributed by atoms with Gasteiger partial charge in [0, 0.05) is 5.69 Å². The molecule has 0 spiro atoms. The Bertz CT molecular complexity index is 852. The Morgan fingerprint density at radius 2 is 1.68 bits per heavy atom. The number of amides is 1. The zero-order valence-corrected chi connectivity index (χ0v) is 17.2. The van der Waals surface area contributed by atoms with Crippen molar-refractivity contribution in [3.05, 3.63) is 52.6 Å². The number of methoxy groups -OCH3 is 1. The maximum Gasteiger partial charge on any atom is 0.339 e. The Kier molecular flexibility index (Phi) is 7.04. The first-order chi connectivity index (χ1) is 13.3. The van der Waals surface area contributed by atoms with Gasteiger partial charge in [0.25, 0.3) is 5.91 Å². The molecule has 6 nitrogen and oxygen atoms in total. The molecular weight excluding hydrogens is 358 g/mol. The molecule has 2 rings (SSSR count). The molecule has 0 aromatic heterocycles. The van der Waals surface area contributed by atoms with Crippen LogP contribution in [0.1, 0.15) is 40.9 Å². The third-order valence-corrected chi connectivity index (χ3v) is 4.28. The van der Waals surface area contributed by atoms with Crippen molar-refractivity contribution >= 4 is 17.6 Å². The maximum atomic E-state index is 12.5. The van der Waals surface area contributed by atoms with Gasteiger partial charge < -0.3 is 19.5 Å². The molecule has 0 radical (unpaired) electrons. The van der Waals surface area contributed by atoms with Crippen LogP contribution in [-0.2, 0) is 9.53 Å². The van der Waals surface area contributed by atoms with E-state index < -0.39 is 12.1 Å². The van der Waals surface area contributed by atoms with Gasteiger partial charge in [-0.3, -0.25) is 4.79 Å². The molecule has 1 atom stereocenters. The quantitative estimate of drug-likeness (QED) is 0.723. The van der Waals surface area contributed by atoms with Crippen LogP contribution in [-0.4, -0.2) is 31.7 Å². The summed E-state index contributed by atoms with van der Waals surface area (Å²) in [5, 5.41) is 2.85. The summed E-state index contributed by atoms with van der Waals surface area (Å²) in [7, 11) is 1.53. The smallest absolute Gasteiger partial charge is 0.339 e. The Morgan fingerprint density at radius 1 is 1.04 bits per heavy atom. The highest BCUT2D eigenvalue weighted by atomic mass is 16.5. The third kappa shape index (κ3) is 5.03. The summed E-state index contributed by atoms with van der Waals surface area (Å²) in [5.41, 5.74) is 4.06. The van der Waals surface area contributed by atoms with Gasteiger partial charge >= 0.3 is 5.97 Å². The van der Waals surface area contributed by atoms with E-state index in [1.807, 2.05) is 39.8 Å². The fourth-order valence-corrected chi connectivity index (χ4v) is 2.96. The van der Waals surface area contributed by atoms with E-state index >= 15 is 0 Å². The molecule has 0 aliphatic heterocycles. The third-order valence-electron chi connectivity index (χ3n) is 4.28. The monoisotopic (exact) mass is 385 g/mol. The van der Waals surface area contributed by atoms with E-state index in [-0.39, 0.29) is 11.5 Å². The van der Waals surface area contributed by atoms with Gasteiger partial charge in [0.1, 0.15) is 0 Å². The molecule has 0 saturated carbocycles. The van der Waals surface area contributed by atoms with Crippen LogP contribution in [0.15, 0.2) is 30.3 Å². The highest BCUT2D eigenvalue weighted by Crippen LogP contribution is 2.28. The van der Waals surface area contributed by atoms with Crippen molar-refractivity contribution < 1.29 is 23.8 Å². The number of anilines is 1. The molecular formula is C22H27NO5. The molecule has 0 saturated heterocycles. The first-order valence-corrected chi connectivity index (χ1v) is 9.17. The second kappa shape index (κ2) is 9.26. The van der Waals surface area contributed by atoms with Gasteiger partial charge in [-0.15, -0.1) is 0 Å². The second-order valence-corrected chi connectivity index (χ2v) is 6.61. The molecule has 1 N–H and O–H groups in total. The van der Waals surface area contributed by atoms with Crippen molar-refractivity contribution in [2.45, 2.75) is 40.7 Å². The molecule has 0 bridgehead atoms. The highest BCUT2D eigenvalue weighted by Gasteiger charge is 2.21. The van der Waals surface area contributed by atoms with Gasteiger partial charge in [-0.25, -0.2) is 4.79 Å². The van der Waals surface area contributed by atoms with E-state index in [9.17, 15) is 9.59 Å². The zero-order chi connectivity index (χ0) is 20.8. The number of rotatable bonds is 7. The van der Waals surface area contributed by atoms with Crippen molar-refractivity contribution in [3.8, 4) is 11.5 Å². The maximum absolute atomic E-state index is 12.5. The number of benzene rings is 2. The molecule has 1 amide bonds. The van der Waals surface area contributed by atoms with Crippen LogP contribution >= 0.6 is 0 Å². The molecule has 6 heteroatoms. The van der Waals surface area contributed by atoms with Gasteiger partial charge in [0.15, 0.2) is 17.6 Å². The second-order valence-electron chi connectivity index (χ2n) is 6.61. The lowest BCUT2D eigenvalue weighted by Gasteiger charge is -2.17. The van der Waals surface area contributed by atoms with Gasteiger partial charge in [0.05, 0.1) is 19.3 Å². The number of nitrogens with one attached hydrogen (secondary N) is 1. The molecule has 0 aliphatic carbocycles. The summed E-state index contributed by atoms with van der Waals surface area (Å²) in [6, 6.07) is 8.73. The fraction of sp³-hybridized carbons (Fsp3) is 0.364. The molecule has 150 valence electrons. The van der Waals surface area contributed by atoms with E-state index in [0.29, 0.717) is 18.1 Å². The fourth-order valence-electron chi connectivity index (χ4n) is 2.96. The summed E-state index contributed by atoms with van der Waals surface area (Å²) in [6.45, 7) is 9.67. The Hall–Kier alpha value is -3.02. The van der Waals surface area contributed by atoms with Crippen LogP contribution in [0.25, 0.3) is 0 Å². The lowest BCUT2D eigenvalue weighted by molar-refractivity contribution is -0.123. The number of hydrogen-bond donors (Lipinski definition) is 1. The van der Waals surface area contributed by atoms with Gasteiger partial charge in [-0.05, 0) is 63.9 Å². The van der Waals surface area contributed by atoms with Crippen molar-refractivity contribution in [3.63, 3.8) is 0 Å².